The second kappa shape index (κ2) is 13.5. The predicted molar refractivity (Wildman–Crippen MR) is 134 cm³/mol. The number of rotatable bonds is 16. The highest BCUT2D eigenvalue weighted by atomic mass is 28.5. The quantitative estimate of drug-likeness (QED) is 0.239. The van der Waals surface area contributed by atoms with Crippen molar-refractivity contribution >= 4 is 52.3 Å². The van der Waals surface area contributed by atoms with Crippen LogP contribution in [0.1, 0.15) is 0 Å². The molecule has 6 nitrogen and oxygen atoms in total. The molecule has 0 bridgehead atoms. The van der Waals surface area contributed by atoms with Crippen LogP contribution in [0.5, 0.6) is 0 Å². The van der Waals surface area contributed by atoms with Gasteiger partial charge in [-0.15, -0.1) is 0 Å². The fraction of sp³-hybridized carbons (Fsp3) is 1.00. The van der Waals surface area contributed by atoms with Crippen LogP contribution >= 0.6 is 0 Å². The van der Waals surface area contributed by atoms with Crippen molar-refractivity contribution in [3.63, 3.8) is 0 Å². The first-order chi connectivity index (χ1) is 12.7. The molecule has 0 aromatic carbocycles. The zero-order chi connectivity index (χ0) is 22.0. The zero-order valence-corrected chi connectivity index (χ0v) is 26.7. The summed E-state index contributed by atoms with van der Waals surface area (Å²) < 4.78 is 37.0. The number of hydrogen-bond acceptors (Lipinski definition) is 6. The first-order valence-corrected chi connectivity index (χ1v) is 27.8. The van der Waals surface area contributed by atoms with Gasteiger partial charge in [0.15, 0.2) is 8.32 Å². The fourth-order valence-electron chi connectivity index (χ4n) is 2.19. The van der Waals surface area contributed by atoms with E-state index >= 15 is 0 Å². The Labute approximate surface area is 182 Å². The lowest BCUT2D eigenvalue weighted by Crippen LogP contribution is -2.52. The molecule has 0 radical (unpaired) electrons. The Balaban J connectivity index is 4.74. The Bertz CT molecular complexity index is 409. The van der Waals surface area contributed by atoms with E-state index in [1.807, 2.05) is 13.1 Å². The second-order valence-electron chi connectivity index (χ2n) is 9.75. The standard InChI is InChI=1S/C16H46O6Si6/c1-23(2)14-19-27(10,20-15-24(3)4)17-12-13-18-28(11,21-16-25(5)6)22-26(7,8)9/h23-25H,12-16H2,1-11H3. The van der Waals surface area contributed by atoms with Crippen LogP contribution in [0.2, 0.25) is 72.0 Å². The van der Waals surface area contributed by atoms with Crippen molar-refractivity contribution < 1.29 is 26.2 Å². The Morgan fingerprint density at radius 2 is 0.821 bits per heavy atom. The maximum absolute atomic E-state index is 6.33. The smallest absolute Gasteiger partial charge is 0.416 e. The normalized spacial score (nSPS) is 15.6. The summed E-state index contributed by atoms with van der Waals surface area (Å²) in [4.78, 5) is 0. The first kappa shape index (κ1) is 29.1. The molecule has 0 aromatic heterocycles. The van der Waals surface area contributed by atoms with Crippen LogP contribution in [0, 0.1) is 0 Å². The van der Waals surface area contributed by atoms with Crippen LogP contribution < -0.4 is 0 Å². The molecule has 0 amide bonds. The van der Waals surface area contributed by atoms with Crippen LogP contribution in [0.4, 0.5) is 0 Å². The average Bonchev–Trinajstić information content (AvgIpc) is 2.52. The molecule has 28 heavy (non-hydrogen) atoms. The summed E-state index contributed by atoms with van der Waals surface area (Å²) in [6.07, 6.45) is 2.36. The molecule has 12 heteroatoms. The van der Waals surface area contributed by atoms with Crippen LogP contribution in [-0.2, 0) is 26.2 Å². The third kappa shape index (κ3) is 15.8. The van der Waals surface area contributed by atoms with E-state index < -0.39 is 52.3 Å². The molecule has 0 N–H and O–H groups in total. The highest BCUT2D eigenvalue weighted by Crippen LogP contribution is 2.18. The fourth-order valence-corrected chi connectivity index (χ4v) is 16.0. The van der Waals surface area contributed by atoms with E-state index in [9.17, 15) is 0 Å². The van der Waals surface area contributed by atoms with E-state index in [1.165, 1.54) is 0 Å². The van der Waals surface area contributed by atoms with E-state index in [1.54, 1.807) is 0 Å². The lowest BCUT2D eigenvalue weighted by atomic mass is 10.8. The van der Waals surface area contributed by atoms with E-state index in [4.69, 9.17) is 26.2 Å². The van der Waals surface area contributed by atoms with Crippen LogP contribution in [0.15, 0.2) is 0 Å². The largest absolute Gasteiger partial charge is 0.497 e. The first-order valence-electron chi connectivity index (χ1n) is 10.6. The summed E-state index contributed by atoms with van der Waals surface area (Å²) in [5.41, 5.74) is 0. The average molecular weight is 503 g/mol. The molecule has 0 aliphatic heterocycles. The lowest BCUT2D eigenvalue weighted by Gasteiger charge is -2.33. The molecule has 0 saturated heterocycles. The van der Waals surface area contributed by atoms with Crippen LogP contribution in [0.3, 0.4) is 0 Å². The topological polar surface area (TPSA) is 55.4 Å². The zero-order valence-electron chi connectivity index (χ0n) is 20.2. The Hall–Kier alpha value is 1.06. The summed E-state index contributed by atoms with van der Waals surface area (Å²) in [5, 5.41) is 0. The van der Waals surface area contributed by atoms with Crippen molar-refractivity contribution in [3.05, 3.63) is 0 Å². The molecule has 0 rings (SSSR count). The summed E-state index contributed by atoms with van der Waals surface area (Å²) in [6, 6.07) is 0. The molecule has 0 aromatic rings. The molecule has 0 aliphatic rings. The molecule has 170 valence electrons. The number of hydrogen-bond donors (Lipinski definition) is 0. The van der Waals surface area contributed by atoms with Crippen molar-refractivity contribution in [2.24, 2.45) is 0 Å². The van der Waals surface area contributed by atoms with Gasteiger partial charge >= 0.3 is 17.6 Å². The van der Waals surface area contributed by atoms with Gasteiger partial charge in [0.25, 0.3) is 0 Å². The van der Waals surface area contributed by atoms with Gasteiger partial charge in [-0.05, 0) is 19.6 Å². The Morgan fingerprint density at radius 1 is 0.500 bits per heavy atom. The van der Waals surface area contributed by atoms with Gasteiger partial charge in [0.05, 0.1) is 39.6 Å². The molecule has 0 heterocycles. The van der Waals surface area contributed by atoms with Gasteiger partial charge in [0.1, 0.15) is 0 Å². The molecule has 1 unspecified atom stereocenters. The minimum atomic E-state index is -2.65. The van der Waals surface area contributed by atoms with Crippen molar-refractivity contribution in [2.75, 3.05) is 31.9 Å². The SMILES string of the molecule is C[SiH](C)CO[Si](C)(OCCO[Si](C)(OC[SiH](C)C)O[Si](C)(C)C)OC[SiH](C)C. The van der Waals surface area contributed by atoms with Crippen molar-refractivity contribution in [1.82, 2.24) is 0 Å². The van der Waals surface area contributed by atoms with E-state index in [-0.39, 0.29) is 0 Å². The van der Waals surface area contributed by atoms with Crippen LogP contribution in [-0.4, -0.2) is 84.2 Å². The second-order valence-corrected chi connectivity index (χ2v) is 29.0. The summed E-state index contributed by atoms with van der Waals surface area (Å²) in [6.45, 7) is 25.1. The van der Waals surface area contributed by atoms with Crippen LogP contribution in [0.25, 0.3) is 0 Å². The summed E-state index contributed by atoms with van der Waals surface area (Å²) >= 11 is 0. The minimum Gasteiger partial charge on any atom is -0.416 e. The highest BCUT2D eigenvalue weighted by Gasteiger charge is 2.41. The molecular weight excluding hydrogens is 457 g/mol. The molecule has 0 fully saturated rings. The van der Waals surface area contributed by atoms with E-state index in [0.29, 0.717) is 13.2 Å². The molecular formula is C16H46O6Si6. The van der Waals surface area contributed by atoms with Gasteiger partial charge in [-0.2, -0.15) is 0 Å². The monoisotopic (exact) mass is 502 g/mol. The van der Waals surface area contributed by atoms with Gasteiger partial charge in [-0.1, -0.05) is 39.3 Å². The third-order valence-electron chi connectivity index (χ3n) is 3.34. The Morgan fingerprint density at radius 3 is 1.14 bits per heavy atom. The maximum atomic E-state index is 6.33. The summed E-state index contributed by atoms with van der Waals surface area (Å²) in [7, 11) is -9.51. The van der Waals surface area contributed by atoms with Crippen molar-refractivity contribution in [1.29, 1.82) is 0 Å². The molecule has 0 saturated carbocycles. The van der Waals surface area contributed by atoms with Gasteiger partial charge in [0.2, 0.25) is 0 Å². The van der Waals surface area contributed by atoms with Gasteiger partial charge in [-0.3, -0.25) is 0 Å². The molecule has 0 aliphatic carbocycles. The predicted octanol–water partition coefficient (Wildman–Crippen LogP) is 3.14. The van der Waals surface area contributed by atoms with Gasteiger partial charge in [0, 0.05) is 31.8 Å². The van der Waals surface area contributed by atoms with Gasteiger partial charge < -0.3 is 26.2 Å². The molecule has 1 atom stereocenters. The third-order valence-corrected chi connectivity index (χ3v) is 14.3. The van der Waals surface area contributed by atoms with E-state index in [2.05, 4.69) is 58.9 Å². The maximum Gasteiger partial charge on any atom is 0.497 e. The van der Waals surface area contributed by atoms with Gasteiger partial charge in [-0.25, -0.2) is 0 Å². The summed E-state index contributed by atoms with van der Waals surface area (Å²) in [5.74, 6) is 0. The lowest BCUT2D eigenvalue weighted by molar-refractivity contribution is 0.0572. The van der Waals surface area contributed by atoms with Crippen molar-refractivity contribution in [3.8, 4) is 0 Å². The Kier molecular flexibility index (Phi) is 14.0. The van der Waals surface area contributed by atoms with Crippen molar-refractivity contribution in [2.45, 2.75) is 72.0 Å². The van der Waals surface area contributed by atoms with E-state index in [0.717, 1.165) is 18.7 Å². The minimum absolute atomic E-state index is 0.445. The molecule has 0 spiro atoms. The highest BCUT2D eigenvalue weighted by molar-refractivity contribution is 6.79.